The number of nitrogens with two attached hydrogens (primary N) is 2. The number of aromatic amines is 1. The van der Waals surface area contributed by atoms with Gasteiger partial charge in [0.1, 0.15) is 37.3 Å². The quantitative estimate of drug-likeness (QED) is 0.0273. The van der Waals surface area contributed by atoms with E-state index in [0.29, 0.717) is 17.9 Å². The maximum Gasteiger partial charge on any atom is 0.322 e. The second-order valence-corrected chi connectivity index (χ2v) is 18.0. The standard InChI is InChI=1S/C33H49N9O16S4/c34-16(32(53)54)2-4-20(43)40-18(28(49)38-12-22(45)46)14-61-59-10-6-36-30(51)24-26-27(58-9-1-8-57-26)25(42-24)31(52)37-7-11-60-62-15-19(29(50)39-13-23(47)48)41-21(44)5-3-17(35)33(55)56/h16-19,42H,1-15,34-35H2,(H,36,51)(H,37,52)(H,38,49)(H,39,50)(H,40,43)(H,41,44)(H,45,46)(H,47,48)(H,53,54)(H,55,56)/t16-,17-,18+,19+/m1/s1. The lowest BCUT2D eigenvalue weighted by atomic mass is 10.1. The first kappa shape index (κ1) is 53.0. The van der Waals surface area contributed by atoms with Gasteiger partial charge in [0.15, 0.2) is 22.9 Å². The third-order valence-electron chi connectivity index (χ3n) is 7.85. The minimum atomic E-state index is -1.30. The van der Waals surface area contributed by atoms with E-state index in [1.165, 1.54) is 21.6 Å². The lowest BCUT2D eigenvalue weighted by Gasteiger charge is -2.18. The minimum Gasteiger partial charge on any atom is -0.487 e. The Labute approximate surface area is 369 Å². The molecule has 0 fully saturated rings. The van der Waals surface area contributed by atoms with Gasteiger partial charge in [0.2, 0.25) is 23.6 Å². The van der Waals surface area contributed by atoms with Crippen LogP contribution in [0.5, 0.6) is 11.5 Å². The summed E-state index contributed by atoms with van der Waals surface area (Å²) < 4.78 is 11.5. The van der Waals surface area contributed by atoms with E-state index < -0.39 is 96.6 Å². The zero-order valence-electron chi connectivity index (χ0n) is 32.9. The zero-order valence-corrected chi connectivity index (χ0v) is 36.2. The number of aromatic nitrogens is 1. The van der Waals surface area contributed by atoms with Crippen LogP contribution in [-0.2, 0) is 38.4 Å². The molecular formula is C33H49N9O16S4. The molecule has 0 aliphatic carbocycles. The number of aliphatic carboxylic acids is 4. The summed E-state index contributed by atoms with van der Waals surface area (Å²) in [5.74, 6) is -8.68. The summed E-state index contributed by atoms with van der Waals surface area (Å²) in [6.45, 7) is -0.794. The first-order chi connectivity index (χ1) is 29.4. The SMILES string of the molecule is N[C@H](CCC(=O)N[C@@H](CSSCCNC(=O)c1[nH]c(C(=O)NCCSSC[C@H](NC(=O)CC[C@@H](N)C(=O)O)C(=O)NCC(=O)O)c2c1OCCCO2)C(=O)NCC(=O)O)C(=O)O. The molecule has 2 rings (SSSR count). The van der Waals surface area contributed by atoms with Gasteiger partial charge in [-0.25, -0.2) is 0 Å². The molecule has 1 aliphatic rings. The van der Waals surface area contributed by atoms with Crippen molar-refractivity contribution in [3.05, 3.63) is 11.4 Å². The molecule has 0 unspecified atom stereocenters. The summed E-state index contributed by atoms with van der Waals surface area (Å²) in [4.78, 5) is 123. The summed E-state index contributed by atoms with van der Waals surface area (Å²) in [5, 5.41) is 50.3. The topological polar surface area (TPSA) is 410 Å². The lowest BCUT2D eigenvalue weighted by Crippen LogP contribution is -2.49. The Morgan fingerprint density at radius 1 is 0.597 bits per heavy atom. The van der Waals surface area contributed by atoms with E-state index in [9.17, 15) is 47.9 Å². The van der Waals surface area contributed by atoms with Crippen molar-refractivity contribution in [2.75, 3.05) is 62.4 Å². The number of H-pyrrole nitrogens is 1. The first-order valence-corrected chi connectivity index (χ1v) is 23.5. The molecule has 1 aromatic rings. The second kappa shape index (κ2) is 28.5. The number of carboxylic acid groups (broad SMARTS) is 4. The number of amides is 6. The van der Waals surface area contributed by atoms with Gasteiger partial charge in [-0.3, -0.25) is 47.9 Å². The molecule has 0 saturated carbocycles. The molecule has 0 bridgehead atoms. The van der Waals surface area contributed by atoms with Crippen LogP contribution < -0.4 is 52.8 Å². The van der Waals surface area contributed by atoms with E-state index in [4.69, 9.17) is 41.4 Å². The molecule has 6 amide bonds. The molecule has 25 nitrogen and oxygen atoms in total. The molecule has 0 radical (unpaired) electrons. The van der Waals surface area contributed by atoms with E-state index in [-0.39, 0.29) is 86.4 Å². The molecule has 62 heavy (non-hydrogen) atoms. The van der Waals surface area contributed by atoms with Gasteiger partial charge in [-0.1, -0.05) is 43.2 Å². The molecule has 0 spiro atoms. The molecule has 15 N–H and O–H groups in total. The molecule has 4 atom stereocenters. The van der Waals surface area contributed by atoms with Crippen LogP contribution in [0, 0.1) is 0 Å². The Morgan fingerprint density at radius 2 is 0.984 bits per heavy atom. The number of hydrogen-bond acceptors (Lipinski definition) is 18. The van der Waals surface area contributed by atoms with Crippen LogP contribution in [0.15, 0.2) is 0 Å². The highest BCUT2D eigenvalue weighted by molar-refractivity contribution is 8.77. The van der Waals surface area contributed by atoms with Crippen molar-refractivity contribution >= 4 is 102 Å². The summed E-state index contributed by atoms with van der Waals surface area (Å²) in [5.41, 5.74) is 10.7. The fourth-order valence-corrected chi connectivity index (χ4v) is 8.84. The van der Waals surface area contributed by atoms with E-state index in [2.05, 4.69) is 36.9 Å². The van der Waals surface area contributed by atoms with Crippen molar-refractivity contribution in [3.63, 3.8) is 0 Å². The van der Waals surface area contributed by atoms with Crippen LogP contribution in [-0.4, -0.2) is 171 Å². The fraction of sp³-hybridized carbons (Fsp3) is 0.576. The molecule has 29 heteroatoms. The predicted octanol–water partition coefficient (Wildman–Crippen LogP) is -2.85. The van der Waals surface area contributed by atoms with Crippen LogP contribution in [0.25, 0.3) is 0 Å². The number of ether oxygens (including phenoxy) is 2. The van der Waals surface area contributed by atoms with Gasteiger partial charge in [-0.2, -0.15) is 0 Å². The van der Waals surface area contributed by atoms with E-state index in [1.807, 2.05) is 0 Å². The Balaban J connectivity index is 1.91. The maximum absolute atomic E-state index is 13.2. The second-order valence-electron chi connectivity index (χ2n) is 12.7. The lowest BCUT2D eigenvalue weighted by molar-refractivity contribution is -0.140. The number of rotatable bonds is 30. The van der Waals surface area contributed by atoms with E-state index in [1.54, 1.807) is 0 Å². The van der Waals surface area contributed by atoms with Crippen LogP contribution in [0.2, 0.25) is 0 Å². The van der Waals surface area contributed by atoms with Crippen molar-refractivity contribution in [1.29, 1.82) is 0 Å². The van der Waals surface area contributed by atoms with Crippen LogP contribution in [0.4, 0.5) is 0 Å². The van der Waals surface area contributed by atoms with E-state index in [0.717, 1.165) is 21.6 Å². The smallest absolute Gasteiger partial charge is 0.322 e. The maximum atomic E-state index is 13.2. The van der Waals surface area contributed by atoms with Gasteiger partial charge >= 0.3 is 23.9 Å². The number of carboxylic acids is 4. The number of fused-ring (bicyclic) bond motifs is 1. The predicted molar refractivity (Wildman–Crippen MR) is 226 cm³/mol. The van der Waals surface area contributed by atoms with Crippen LogP contribution in [0.3, 0.4) is 0 Å². The van der Waals surface area contributed by atoms with Gasteiger partial charge in [-0.05, 0) is 12.8 Å². The van der Waals surface area contributed by atoms with Crippen LogP contribution >= 0.6 is 43.2 Å². The summed E-state index contributed by atoms with van der Waals surface area (Å²) in [6, 6.07) is -4.89. The van der Waals surface area contributed by atoms with Crippen molar-refractivity contribution in [2.24, 2.45) is 11.5 Å². The van der Waals surface area contributed by atoms with Gasteiger partial charge in [0.05, 0.1) is 13.2 Å². The number of carbonyl (C=O) groups excluding carboxylic acids is 6. The highest BCUT2D eigenvalue weighted by atomic mass is 33.1. The molecule has 1 aliphatic heterocycles. The molecular weight excluding hydrogens is 907 g/mol. The Kier molecular flexibility index (Phi) is 24.4. The van der Waals surface area contributed by atoms with Crippen molar-refractivity contribution in [2.45, 2.75) is 56.3 Å². The normalized spacial score (nSPS) is 13.8. The third kappa shape index (κ3) is 20.2. The van der Waals surface area contributed by atoms with Crippen molar-refractivity contribution in [3.8, 4) is 11.5 Å². The molecule has 0 saturated heterocycles. The highest BCUT2D eigenvalue weighted by Gasteiger charge is 2.30. The number of carbonyl (C=O) groups is 10. The Hall–Kier alpha value is -5.10. The zero-order chi connectivity index (χ0) is 46.2. The average Bonchev–Trinajstić information content (AvgIpc) is 3.41. The number of hydrogen-bond donors (Lipinski definition) is 13. The minimum absolute atomic E-state index is 0.0101. The Morgan fingerprint density at radius 3 is 1.34 bits per heavy atom. The average molecular weight is 956 g/mol. The van der Waals surface area contributed by atoms with Gasteiger partial charge in [-0.15, -0.1) is 0 Å². The fourth-order valence-electron chi connectivity index (χ4n) is 4.70. The number of nitrogens with one attached hydrogen (secondary N) is 7. The summed E-state index contributed by atoms with van der Waals surface area (Å²) in [6.07, 6.45) is -0.486. The first-order valence-electron chi connectivity index (χ1n) is 18.5. The highest BCUT2D eigenvalue weighted by Crippen LogP contribution is 2.37. The monoisotopic (exact) mass is 955 g/mol. The summed E-state index contributed by atoms with van der Waals surface area (Å²) >= 11 is 0. The molecule has 0 aromatic carbocycles. The summed E-state index contributed by atoms with van der Waals surface area (Å²) in [7, 11) is 4.72. The van der Waals surface area contributed by atoms with Gasteiger partial charge in [0.25, 0.3) is 11.8 Å². The van der Waals surface area contributed by atoms with Gasteiger partial charge in [0, 0.05) is 55.4 Å². The van der Waals surface area contributed by atoms with Crippen molar-refractivity contribution in [1.82, 2.24) is 36.9 Å². The third-order valence-corrected chi connectivity index (χ3v) is 12.7. The van der Waals surface area contributed by atoms with E-state index >= 15 is 0 Å². The molecule has 2 heterocycles. The molecule has 1 aromatic heterocycles. The largest absolute Gasteiger partial charge is 0.487 e. The van der Waals surface area contributed by atoms with Crippen LogP contribution in [0.1, 0.15) is 53.1 Å². The van der Waals surface area contributed by atoms with Crippen molar-refractivity contribution < 1.29 is 77.8 Å². The van der Waals surface area contributed by atoms with Gasteiger partial charge < -0.3 is 78.3 Å². The Bertz CT molecular complexity index is 1650. The molecule has 346 valence electrons.